The third-order valence-corrected chi connectivity index (χ3v) is 3.02. The van der Waals surface area contributed by atoms with Crippen LogP contribution in [0, 0.1) is 5.82 Å². The molecular weight excluding hydrogens is 213 g/mol. The maximum Gasteiger partial charge on any atom is 0.123 e. The van der Waals surface area contributed by atoms with Crippen molar-refractivity contribution >= 4 is 0 Å². The second-order valence-electron chi connectivity index (χ2n) is 4.14. The van der Waals surface area contributed by atoms with E-state index in [2.05, 4.69) is 36.5 Å². The summed E-state index contributed by atoms with van der Waals surface area (Å²) in [6.07, 6.45) is 0. The standard InChI is InChI=1S/C15H16FN/c1-11(17-2)12-3-5-13(6-4-12)14-7-9-15(16)10-8-14/h3-11,17H,1-2H3. The molecule has 0 aliphatic rings. The van der Waals surface area contributed by atoms with E-state index in [4.69, 9.17) is 0 Å². The van der Waals surface area contributed by atoms with Gasteiger partial charge in [0.15, 0.2) is 0 Å². The quantitative estimate of drug-likeness (QED) is 0.844. The molecule has 2 aromatic rings. The van der Waals surface area contributed by atoms with Gasteiger partial charge in [0.05, 0.1) is 0 Å². The van der Waals surface area contributed by atoms with Crippen molar-refractivity contribution in [3.05, 3.63) is 59.9 Å². The Balaban J connectivity index is 2.26. The normalized spacial score (nSPS) is 12.4. The summed E-state index contributed by atoms with van der Waals surface area (Å²) in [4.78, 5) is 0. The van der Waals surface area contributed by atoms with Crippen LogP contribution in [0.15, 0.2) is 48.5 Å². The summed E-state index contributed by atoms with van der Waals surface area (Å²) in [6, 6.07) is 15.2. The largest absolute Gasteiger partial charge is 0.313 e. The predicted octanol–water partition coefficient (Wildman–Crippen LogP) is 3.77. The highest BCUT2D eigenvalue weighted by molar-refractivity contribution is 5.63. The van der Waals surface area contributed by atoms with Gasteiger partial charge >= 0.3 is 0 Å². The van der Waals surface area contributed by atoms with E-state index in [0.717, 1.165) is 11.1 Å². The lowest BCUT2D eigenvalue weighted by Gasteiger charge is -2.11. The van der Waals surface area contributed by atoms with Crippen molar-refractivity contribution in [2.45, 2.75) is 13.0 Å². The van der Waals surface area contributed by atoms with Gasteiger partial charge in [-0.1, -0.05) is 36.4 Å². The first kappa shape index (κ1) is 11.8. The average Bonchev–Trinajstić information content (AvgIpc) is 2.39. The smallest absolute Gasteiger partial charge is 0.123 e. The molecule has 1 N–H and O–H groups in total. The molecule has 88 valence electrons. The van der Waals surface area contributed by atoms with Crippen LogP contribution in [0.3, 0.4) is 0 Å². The Morgan fingerprint density at radius 1 is 0.882 bits per heavy atom. The van der Waals surface area contributed by atoms with Gasteiger partial charge in [-0.25, -0.2) is 4.39 Å². The molecule has 0 heterocycles. The molecule has 2 rings (SSSR count). The summed E-state index contributed by atoms with van der Waals surface area (Å²) in [6.45, 7) is 2.12. The molecule has 2 heteroatoms. The van der Waals surface area contributed by atoms with E-state index in [-0.39, 0.29) is 5.82 Å². The minimum absolute atomic E-state index is 0.200. The topological polar surface area (TPSA) is 12.0 Å². The second kappa shape index (κ2) is 5.11. The van der Waals surface area contributed by atoms with Gasteiger partial charge in [0.2, 0.25) is 0 Å². The molecule has 0 aromatic heterocycles. The molecular formula is C15H16FN. The van der Waals surface area contributed by atoms with E-state index >= 15 is 0 Å². The third-order valence-electron chi connectivity index (χ3n) is 3.02. The highest BCUT2D eigenvalue weighted by atomic mass is 19.1. The van der Waals surface area contributed by atoms with Crippen molar-refractivity contribution in [2.24, 2.45) is 0 Å². The lowest BCUT2D eigenvalue weighted by Crippen LogP contribution is -2.11. The van der Waals surface area contributed by atoms with E-state index in [1.165, 1.54) is 17.7 Å². The van der Waals surface area contributed by atoms with Crippen molar-refractivity contribution < 1.29 is 4.39 Å². The molecule has 1 nitrogen and oxygen atoms in total. The van der Waals surface area contributed by atoms with Crippen LogP contribution in [0.4, 0.5) is 4.39 Å². The van der Waals surface area contributed by atoms with E-state index in [0.29, 0.717) is 6.04 Å². The number of hydrogen-bond donors (Lipinski definition) is 1. The van der Waals surface area contributed by atoms with Crippen molar-refractivity contribution in [1.29, 1.82) is 0 Å². The highest BCUT2D eigenvalue weighted by Gasteiger charge is 2.03. The van der Waals surface area contributed by atoms with Gasteiger partial charge in [0.1, 0.15) is 5.82 Å². The molecule has 0 radical (unpaired) electrons. The van der Waals surface area contributed by atoms with Gasteiger partial charge in [0.25, 0.3) is 0 Å². The van der Waals surface area contributed by atoms with Crippen LogP contribution in [-0.2, 0) is 0 Å². The summed E-state index contributed by atoms with van der Waals surface area (Å²) in [5.74, 6) is -0.200. The second-order valence-corrected chi connectivity index (χ2v) is 4.14. The Bertz CT molecular complexity index is 473. The Kier molecular flexibility index (Phi) is 3.55. The van der Waals surface area contributed by atoms with Gasteiger partial charge < -0.3 is 5.32 Å². The van der Waals surface area contributed by atoms with Crippen LogP contribution in [-0.4, -0.2) is 7.05 Å². The molecule has 0 amide bonds. The fourth-order valence-electron chi connectivity index (χ4n) is 1.77. The van der Waals surface area contributed by atoms with Gasteiger partial charge in [-0.15, -0.1) is 0 Å². The van der Waals surface area contributed by atoms with Crippen LogP contribution < -0.4 is 5.32 Å². The summed E-state index contributed by atoms with van der Waals surface area (Å²) in [5.41, 5.74) is 3.39. The zero-order valence-electron chi connectivity index (χ0n) is 10.1. The van der Waals surface area contributed by atoms with Crippen LogP contribution >= 0.6 is 0 Å². The maximum absolute atomic E-state index is 12.8. The zero-order chi connectivity index (χ0) is 12.3. The number of halogens is 1. The highest BCUT2D eigenvalue weighted by Crippen LogP contribution is 2.22. The number of benzene rings is 2. The summed E-state index contributed by atoms with van der Waals surface area (Å²) >= 11 is 0. The third kappa shape index (κ3) is 2.71. The predicted molar refractivity (Wildman–Crippen MR) is 69.3 cm³/mol. The van der Waals surface area contributed by atoms with Crippen LogP contribution in [0.1, 0.15) is 18.5 Å². The molecule has 0 saturated heterocycles. The molecule has 0 aliphatic heterocycles. The number of hydrogen-bond acceptors (Lipinski definition) is 1. The van der Waals surface area contributed by atoms with Crippen molar-refractivity contribution in [3.63, 3.8) is 0 Å². The SMILES string of the molecule is CNC(C)c1ccc(-c2ccc(F)cc2)cc1. The first-order valence-electron chi connectivity index (χ1n) is 5.74. The Hall–Kier alpha value is -1.67. The van der Waals surface area contributed by atoms with Crippen LogP contribution in [0.2, 0.25) is 0 Å². The van der Waals surface area contributed by atoms with E-state index < -0.39 is 0 Å². The summed E-state index contributed by atoms with van der Waals surface area (Å²) < 4.78 is 12.8. The molecule has 0 spiro atoms. The minimum Gasteiger partial charge on any atom is -0.313 e. The molecule has 0 fully saturated rings. The monoisotopic (exact) mass is 229 g/mol. The van der Waals surface area contributed by atoms with Gasteiger partial charge in [0, 0.05) is 6.04 Å². The van der Waals surface area contributed by atoms with Gasteiger partial charge in [-0.2, -0.15) is 0 Å². The first-order chi connectivity index (χ1) is 8.20. The Labute approximate surface area is 101 Å². The molecule has 1 atom stereocenters. The lowest BCUT2D eigenvalue weighted by molar-refractivity contribution is 0.628. The van der Waals surface area contributed by atoms with E-state index in [9.17, 15) is 4.39 Å². The molecule has 0 aliphatic carbocycles. The Morgan fingerprint density at radius 2 is 1.35 bits per heavy atom. The minimum atomic E-state index is -0.200. The van der Waals surface area contributed by atoms with E-state index in [1.54, 1.807) is 12.1 Å². The molecule has 17 heavy (non-hydrogen) atoms. The molecule has 0 bridgehead atoms. The van der Waals surface area contributed by atoms with Crippen LogP contribution in [0.25, 0.3) is 11.1 Å². The summed E-state index contributed by atoms with van der Waals surface area (Å²) in [7, 11) is 1.94. The first-order valence-corrected chi connectivity index (χ1v) is 5.74. The number of nitrogens with one attached hydrogen (secondary N) is 1. The molecule has 2 aromatic carbocycles. The fourth-order valence-corrected chi connectivity index (χ4v) is 1.77. The number of rotatable bonds is 3. The lowest BCUT2D eigenvalue weighted by atomic mass is 10.0. The van der Waals surface area contributed by atoms with Gasteiger partial charge in [-0.3, -0.25) is 0 Å². The van der Waals surface area contributed by atoms with E-state index in [1.807, 2.05) is 7.05 Å². The fraction of sp³-hybridized carbons (Fsp3) is 0.200. The average molecular weight is 229 g/mol. The van der Waals surface area contributed by atoms with Crippen molar-refractivity contribution in [2.75, 3.05) is 7.05 Å². The van der Waals surface area contributed by atoms with Gasteiger partial charge in [-0.05, 0) is 42.8 Å². The van der Waals surface area contributed by atoms with Crippen molar-refractivity contribution in [1.82, 2.24) is 5.32 Å². The van der Waals surface area contributed by atoms with Crippen LogP contribution in [0.5, 0.6) is 0 Å². The Morgan fingerprint density at radius 3 is 1.82 bits per heavy atom. The molecule has 0 saturated carbocycles. The zero-order valence-corrected chi connectivity index (χ0v) is 10.1. The maximum atomic E-state index is 12.8. The van der Waals surface area contributed by atoms with Crippen molar-refractivity contribution in [3.8, 4) is 11.1 Å². The molecule has 1 unspecified atom stereocenters. The summed E-state index contributed by atoms with van der Waals surface area (Å²) in [5, 5.41) is 3.20.